The van der Waals surface area contributed by atoms with Crippen LogP contribution >= 0.6 is 0 Å². The van der Waals surface area contributed by atoms with Crippen LogP contribution in [-0.2, 0) is 0 Å². The van der Waals surface area contributed by atoms with Gasteiger partial charge in [0.05, 0.1) is 26.4 Å². The van der Waals surface area contributed by atoms with Crippen LogP contribution in [0.4, 0.5) is 0 Å². The number of hydrogen-bond donors (Lipinski definition) is 5. The van der Waals surface area contributed by atoms with Crippen LogP contribution in [0.1, 0.15) is 6.92 Å². The first kappa shape index (κ1) is 18.3. The molecule has 13 heavy (non-hydrogen) atoms. The van der Waals surface area contributed by atoms with Gasteiger partial charge in [-0.1, -0.05) is 6.08 Å². The van der Waals surface area contributed by atoms with E-state index in [1.165, 1.54) is 0 Å². The fourth-order valence-electron chi connectivity index (χ4n) is 0.0577. The van der Waals surface area contributed by atoms with Gasteiger partial charge in [0.25, 0.3) is 0 Å². The second-order valence-electron chi connectivity index (χ2n) is 1.87. The second kappa shape index (κ2) is 22.5. The molecule has 0 spiro atoms. The molecule has 82 valence electrons. The Morgan fingerprint density at radius 2 is 1.31 bits per heavy atom. The molecule has 5 nitrogen and oxygen atoms in total. The summed E-state index contributed by atoms with van der Waals surface area (Å²) in [6.45, 7) is 4.27. The Bertz CT molecular complexity index is 70.9. The average Bonchev–Trinajstić information content (AvgIpc) is 2.18. The Morgan fingerprint density at radius 1 is 1.08 bits per heavy atom. The quantitative estimate of drug-likeness (QED) is 0.353. The molecule has 0 saturated heterocycles. The maximum absolute atomic E-state index is 8.17. The van der Waals surface area contributed by atoms with Crippen LogP contribution in [0.25, 0.3) is 0 Å². The Morgan fingerprint density at radius 3 is 1.31 bits per heavy atom. The van der Waals surface area contributed by atoms with Crippen molar-refractivity contribution in [3.05, 3.63) is 12.7 Å². The highest BCUT2D eigenvalue weighted by atomic mass is 16.3. The fraction of sp³-hybridized carbons (Fsp3) is 0.750. The summed E-state index contributed by atoms with van der Waals surface area (Å²) in [5, 5.41) is 39.3. The summed E-state index contributed by atoms with van der Waals surface area (Å²) in [5.74, 6) is 0. The molecule has 0 rings (SSSR count). The Balaban J connectivity index is -0.000000125. The molecule has 0 aromatic carbocycles. The van der Waals surface area contributed by atoms with Gasteiger partial charge >= 0.3 is 0 Å². The number of rotatable bonds is 3. The van der Waals surface area contributed by atoms with Crippen molar-refractivity contribution in [2.45, 2.75) is 13.0 Å². The summed E-state index contributed by atoms with van der Waals surface area (Å²) in [6, 6.07) is 0. The molecular weight excluding hydrogens is 176 g/mol. The molecule has 0 unspecified atom stereocenters. The number of aliphatic hydroxyl groups is 5. The van der Waals surface area contributed by atoms with Crippen molar-refractivity contribution in [3.63, 3.8) is 0 Å². The van der Waals surface area contributed by atoms with Crippen LogP contribution < -0.4 is 0 Å². The summed E-state index contributed by atoms with van der Waals surface area (Å²) in [7, 11) is 0. The molecule has 0 aliphatic rings. The zero-order chi connectivity index (χ0) is 11.1. The largest absolute Gasteiger partial charge is 0.394 e. The van der Waals surface area contributed by atoms with Gasteiger partial charge in [0.2, 0.25) is 0 Å². The van der Waals surface area contributed by atoms with Crippen molar-refractivity contribution in [1.29, 1.82) is 0 Å². The van der Waals surface area contributed by atoms with Gasteiger partial charge in [0.1, 0.15) is 6.10 Å². The summed E-state index contributed by atoms with van der Waals surface area (Å²) < 4.78 is 0. The van der Waals surface area contributed by atoms with Gasteiger partial charge in [-0.15, -0.1) is 6.58 Å². The summed E-state index contributed by atoms with van der Waals surface area (Å²) in [4.78, 5) is 0. The number of allylic oxidation sites excluding steroid dienone is 1. The van der Waals surface area contributed by atoms with Gasteiger partial charge in [0, 0.05) is 0 Å². The minimum absolute atomic E-state index is 0.125. The van der Waals surface area contributed by atoms with Crippen LogP contribution in [0.2, 0.25) is 0 Å². The molecule has 0 fully saturated rings. The first-order chi connectivity index (χ1) is 6.14. The van der Waals surface area contributed by atoms with E-state index in [-0.39, 0.29) is 26.4 Å². The third-order valence-corrected chi connectivity index (χ3v) is 0.521. The third kappa shape index (κ3) is 51.0. The van der Waals surface area contributed by atoms with E-state index >= 15 is 0 Å². The molecule has 0 radical (unpaired) electrons. The topological polar surface area (TPSA) is 101 Å². The fourth-order valence-corrected chi connectivity index (χ4v) is 0.0577. The standard InChI is InChI=1S/C3H8O3.C3H6.C2H6O2/c4-1-3(6)2-5;1-3-2;3-1-2-4/h3-6H,1-2H2;3H,1H2,2H3;3-4H,1-2H2. The van der Waals surface area contributed by atoms with E-state index in [1.807, 2.05) is 6.92 Å². The average molecular weight is 196 g/mol. The summed E-state index contributed by atoms with van der Waals surface area (Å²) >= 11 is 0. The highest BCUT2D eigenvalue weighted by Crippen LogP contribution is 1.71. The molecule has 5 N–H and O–H groups in total. The second-order valence-corrected chi connectivity index (χ2v) is 1.87. The molecule has 0 aromatic heterocycles. The summed E-state index contributed by atoms with van der Waals surface area (Å²) in [5.41, 5.74) is 0. The zero-order valence-electron chi connectivity index (χ0n) is 7.93. The van der Waals surface area contributed by atoms with Crippen molar-refractivity contribution in [2.75, 3.05) is 26.4 Å². The third-order valence-electron chi connectivity index (χ3n) is 0.521. The predicted octanol–water partition coefficient (Wildman–Crippen LogP) is -1.50. The molecule has 0 amide bonds. The smallest absolute Gasteiger partial charge is 0.100 e. The highest BCUT2D eigenvalue weighted by molar-refractivity contribution is 4.51. The molecule has 5 heteroatoms. The van der Waals surface area contributed by atoms with Crippen molar-refractivity contribution >= 4 is 0 Å². The maximum Gasteiger partial charge on any atom is 0.100 e. The van der Waals surface area contributed by atoms with E-state index in [1.54, 1.807) is 6.08 Å². The molecule has 0 aromatic rings. The number of hydrogen-bond acceptors (Lipinski definition) is 5. The summed E-state index contributed by atoms with van der Waals surface area (Å²) in [6.07, 6.45) is 0.796. The van der Waals surface area contributed by atoms with Crippen LogP contribution in [0.15, 0.2) is 12.7 Å². The van der Waals surface area contributed by atoms with E-state index in [9.17, 15) is 0 Å². The SMILES string of the molecule is C=CC.OCC(O)CO.OCCO. The van der Waals surface area contributed by atoms with E-state index in [2.05, 4.69) is 6.58 Å². The van der Waals surface area contributed by atoms with Crippen LogP contribution in [0.5, 0.6) is 0 Å². The first-order valence-electron chi connectivity index (χ1n) is 3.83. The molecule has 0 atom stereocenters. The lowest BCUT2D eigenvalue weighted by atomic mass is 10.4. The molecule has 0 heterocycles. The first-order valence-corrected chi connectivity index (χ1v) is 3.83. The van der Waals surface area contributed by atoms with E-state index in [0.29, 0.717) is 0 Å². The van der Waals surface area contributed by atoms with E-state index < -0.39 is 6.10 Å². The number of aliphatic hydroxyl groups excluding tert-OH is 5. The van der Waals surface area contributed by atoms with Gasteiger partial charge in [-0.3, -0.25) is 0 Å². The van der Waals surface area contributed by atoms with Crippen LogP contribution in [-0.4, -0.2) is 58.1 Å². The molecule has 0 bridgehead atoms. The lowest BCUT2D eigenvalue weighted by molar-refractivity contribution is 0.0450. The molecular formula is C8H20O5. The predicted molar refractivity (Wildman–Crippen MR) is 50.2 cm³/mol. The van der Waals surface area contributed by atoms with E-state index in [0.717, 1.165) is 0 Å². The zero-order valence-corrected chi connectivity index (χ0v) is 7.93. The van der Waals surface area contributed by atoms with Crippen molar-refractivity contribution in [2.24, 2.45) is 0 Å². The molecule has 0 saturated carbocycles. The van der Waals surface area contributed by atoms with Crippen molar-refractivity contribution in [3.8, 4) is 0 Å². The van der Waals surface area contributed by atoms with Crippen LogP contribution in [0.3, 0.4) is 0 Å². The minimum Gasteiger partial charge on any atom is -0.394 e. The van der Waals surface area contributed by atoms with Crippen molar-refractivity contribution in [1.82, 2.24) is 0 Å². The minimum atomic E-state index is -0.954. The lowest BCUT2D eigenvalue weighted by Crippen LogP contribution is -2.15. The highest BCUT2D eigenvalue weighted by Gasteiger charge is 1.93. The van der Waals surface area contributed by atoms with E-state index in [4.69, 9.17) is 25.5 Å². The van der Waals surface area contributed by atoms with Gasteiger partial charge in [-0.2, -0.15) is 0 Å². The molecule has 0 aliphatic heterocycles. The van der Waals surface area contributed by atoms with Gasteiger partial charge in [0.15, 0.2) is 0 Å². The van der Waals surface area contributed by atoms with Gasteiger partial charge in [-0.05, 0) is 6.92 Å². The Hall–Kier alpha value is -0.460. The normalized spacial score (nSPS) is 7.92. The lowest BCUT2D eigenvalue weighted by Gasteiger charge is -1.96. The van der Waals surface area contributed by atoms with Crippen LogP contribution in [0, 0.1) is 0 Å². The molecule has 0 aliphatic carbocycles. The monoisotopic (exact) mass is 196 g/mol. The Kier molecular flexibility index (Phi) is 31.8. The van der Waals surface area contributed by atoms with Crippen molar-refractivity contribution < 1.29 is 25.5 Å². The van der Waals surface area contributed by atoms with Gasteiger partial charge < -0.3 is 25.5 Å². The Labute approximate surface area is 78.6 Å². The van der Waals surface area contributed by atoms with Gasteiger partial charge in [-0.25, -0.2) is 0 Å². The maximum atomic E-state index is 8.17.